The highest BCUT2D eigenvalue weighted by Crippen LogP contribution is 2.56. The van der Waals surface area contributed by atoms with Crippen LogP contribution in [0.4, 0.5) is 34.1 Å². The second-order valence-electron chi connectivity index (χ2n) is 39.7. The maximum atomic E-state index is 2.78. The van der Waals surface area contributed by atoms with Crippen molar-refractivity contribution in [1.29, 1.82) is 0 Å². The molecule has 15 rings (SSSR count). The quantitative estimate of drug-likeness (QED) is 0.141. The van der Waals surface area contributed by atoms with Gasteiger partial charge in [0.1, 0.15) is 0 Å². The first kappa shape index (κ1) is 73.6. The molecular weight excluding hydrogens is 1300 g/mol. The molecule has 0 saturated heterocycles. The van der Waals surface area contributed by atoms with Gasteiger partial charge in [0, 0.05) is 61.5 Å². The topological polar surface area (TPSA) is 11.4 Å². The van der Waals surface area contributed by atoms with Crippen LogP contribution in [0, 0.1) is 0 Å². The zero-order chi connectivity index (χ0) is 77.1. The molecule has 12 aromatic carbocycles. The molecule has 4 heteroatoms. The molecule has 108 heavy (non-hydrogen) atoms. The standard InChI is InChI=1S/C104H112BN3/c1-97(2,3)71-42-34-41-69(51-71)83-61-77(103(19,20)21)60-82(67-39-32-27-33-40-67)96(83)107-90-54-68(70-52-74(100(10,11)12)55-75(53-70)101(13,14)15)43-47-86(90)105-87-48-46-79(106-88-49-44-72(98(4,5)6)56-84(88)85-57-73(99(7,8)9)45-50-89(85)106)64-91(87)108(93-63-78(104(22,23)24)62-92(107)94(93)105)95-80(65-35-28-25-29-36-65)58-76(102(16,17)18)59-81(95)66-37-30-26-31-38-66/h25-64H,1-24H3. The Morgan fingerprint density at radius 2 is 0.556 bits per heavy atom. The van der Waals surface area contributed by atoms with Crippen LogP contribution in [0.25, 0.3) is 83.1 Å². The van der Waals surface area contributed by atoms with E-state index in [9.17, 15) is 0 Å². The van der Waals surface area contributed by atoms with Gasteiger partial charge in [-0.05, 0) is 216 Å². The minimum absolute atomic E-state index is 0.0550. The number of rotatable bonds is 8. The summed E-state index contributed by atoms with van der Waals surface area (Å²) < 4.78 is 2.58. The van der Waals surface area contributed by atoms with E-state index in [1.165, 1.54) is 155 Å². The van der Waals surface area contributed by atoms with Gasteiger partial charge >= 0.3 is 0 Å². The zero-order valence-corrected chi connectivity index (χ0v) is 69.0. The lowest BCUT2D eigenvalue weighted by molar-refractivity contribution is 0.569. The third-order valence-corrected chi connectivity index (χ3v) is 23.4. The Balaban J connectivity index is 1.16. The maximum absolute atomic E-state index is 2.78. The summed E-state index contributed by atoms with van der Waals surface area (Å²) in [6.45, 7) is 56.6. The van der Waals surface area contributed by atoms with E-state index in [2.05, 4.69) is 423 Å². The molecule has 0 atom stereocenters. The summed E-state index contributed by atoms with van der Waals surface area (Å²) in [6.07, 6.45) is 0. The lowest BCUT2D eigenvalue weighted by Crippen LogP contribution is -2.61. The van der Waals surface area contributed by atoms with Crippen LogP contribution in [0.15, 0.2) is 243 Å². The largest absolute Gasteiger partial charge is 0.310 e. The van der Waals surface area contributed by atoms with Crippen molar-refractivity contribution in [3.63, 3.8) is 0 Å². The average Bonchev–Trinajstić information content (AvgIpc) is 0.752. The van der Waals surface area contributed by atoms with E-state index in [0.29, 0.717) is 0 Å². The van der Waals surface area contributed by atoms with Crippen LogP contribution in [0.5, 0.6) is 0 Å². The van der Waals surface area contributed by atoms with Gasteiger partial charge in [0.2, 0.25) is 0 Å². The van der Waals surface area contributed by atoms with Crippen LogP contribution in [0.3, 0.4) is 0 Å². The predicted molar refractivity (Wildman–Crippen MR) is 472 cm³/mol. The number of benzene rings is 12. The van der Waals surface area contributed by atoms with Crippen LogP contribution in [-0.2, 0) is 43.3 Å². The summed E-state index contributed by atoms with van der Waals surface area (Å²) >= 11 is 0. The zero-order valence-electron chi connectivity index (χ0n) is 69.0. The summed E-state index contributed by atoms with van der Waals surface area (Å²) in [5.74, 6) is 0. The molecule has 13 aromatic rings. The predicted octanol–water partition coefficient (Wildman–Crippen LogP) is 27.6. The molecule has 0 saturated carbocycles. The Labute approximate surface area is 647 Å². The number of aromatic nitrogens is 1. The molecule has 3 nitrogen and oxygen atoms in total. The van der Waals surface area contributed by atoms with Crippen molar-refractivity contribution in [3.05, 3.63) is 287 Å². The third kappa shape index (κ3) is 13.3. The smallest absolute Gasteiger partial charge is 0.252 e. The first-order valence-corrected chi connectivity index (χ1v) is 39.6. The molecule has 0 bridgehead atoms. The first-order valence-electron chi connectivity index (χ1n) is 39.6. The SMILES string of the molecule is CC(C)(C)c1cccc(-c2cc(C(C)(C)C)cc(-c3ccccc3)c2N2c3cc(-c4cc(C(C)(C)C)cc(C(C)(C)C)c4)ccc3B3c4ccc(-n5c6ccc(C(C)(C)C)cc6c6cc(C(C)(C)C)ccc65)cc4N(c4c(-c5ccccc5)cc(C(C)(C)C)cc4-c4ccccc4)c4cc(C(C)(C)C)cc2c43)c1. The summed E-state index contributed by atoms with van der Waals surface area (Å²) in [4.78, 5) is 5.55. The number of anilines is 6. The monoisotopic (exact) mass is 1410 g/mol. The van der Waals surface area contributed by atoms with Crippen LogP contribution >= 0.6 is 0 Å². The van der Waals surface area contributed by atoms with Crippen molar-refractivity contribution in [2.24, 2.45) is 0 Å². The fraction of sp³-hybridized carbons (Fsp3) is 0.308. The summed E-state index contributed by atoms with van der Waals surface area (Å²) in [5.41, 5.74) is 35.5. The Kier molecular flexibility index (Phi) is 17.6. The van der Waals surface area contributed by atoms with E-state index in [-0.39, 0.29) is 50.0 Å². The lowest BCUT2D eigenvalue weighted by atomic mass is 9.33. The van der Waals surface area contributed by atoms with Crippen molar-refractivity contribution in [1.82, 2.24) is 4.57 Å². The number of hydrogen-bond acceptors (Lipinski definition) is 2. The highest BCUT2D eigenvalue weighted by molar-refractivity contribution is 7.00. The summed E-state index contributed by atoms with van der Waals surface area (Å²) in [5, 5.41) is 2.54. The van der Waals surface area contributed by atoms with E-state index >= 15 is 0 Å². The first-order chi connectivity index (χ1) is 50.6. The van der Waals surface area contributed by atoms with E-state index in [0.717, 1.165) is 22.7 Å². The molecule has 0 radical (unpaired) electrons. The maximum Gasteiger partial charge on any atom is 0.252 e. The van der Waals surface area contributed by atoms with Gasteiger partial charge in [0.15, 0.2) is 0 Å². The second kappa shape index (κ2) is 25.9. The second-order valence-corrected chi connectivity index (χ2v) is 39.7. The van der Waals surface area contributed by atoms with Gasteiger partial charge in [-0.1, -0.05) is 330 Å². The fourth-order valence-electron chi connectivity index (χ4n) is 16.6. The molecule has 2 aliphatic heterocycles. The van der Waals surface area contributed by atoms with Gasteiger partial charge in [-0.2, -0.15) is 0 Å². The number of nitrogens with zero attached hydrogens (tertiary/aromatic N) is 3. The molecule has 2 aliphatic rings. The summed E-state index contributed by atoms with van der Waals surface area (Å²) in [7, 11) is 0. The van der Waals surface area contributed by atoms with Gasteiger partial charge in [0.05, 0.1) is 22.4 Å². The molecule has 0 spiro atoms. The third-order valence-electron chi connectivity index (χ3n) is 23.4. The van der Waals surface area contributed by atoms with E-state index in [1.807, 2.05) is 0 Å². The minimum Gasteiger partial charge on any atom is -0.310 e. The lowest BCUT2D eigenvalue weighted by Gasteiger charge is -2.47. The van der Waals surface area contributed by atoms with E-state index in [1.54, 1.807) is 0 Å². The van der Waals surface area contributed by atoms with Crippen molar-refractivity contribution >= 4 is 79.0 Å². The van der Waals surface area contributed by atoms with Gasteiger partial charge in [-0.25, -0.2) is 0 Å². The van der Waals surface area contributed by atoms with Crippen LogP contribution < -0.4 is 26.2 Å². The highest BCUT2D eigenvalue weighted by Gasteiger charge is 2.47. The van der Waals surface area contributed by atoms with Gasteiger partial charge < -0.3 is 14.4 Å². The normalized spacial score (nSPS) is 13.7. The average molecular weight is 1410 g/mol. The number of hydrogen-bond donors (Lipinski definition) is 0. The summed E-state index contributed by atoms with van der Waals surface area (Å²) in [6, 6.07) is 96.0. The molecule has 1 aromatic heterocycles. The van der Waals surface area contributed by atoms with Crippen molar-refractivity contribution in [3.8, 4) is 61.3 Å². The molecule has 0 unspecified atom stereocenters. The Morgan fingerprint density at radius 1 is 0.222 bits per heavy atom. The molecule has 0 fully saturated rings. The molecule has 0 N–H and O–H groups in total. The van der Waals surface area contributed by atoms with Gasteiger partial charge in [-0.15, -0.1) is 0 Å². The Hall–Kier alpha value is -9.90. The van der Waals surface area contributed by atoms with Crippen molar-refractivity contribution in [2.75, 3.05) is 9.80 Å². The molecule has 0 aliphatic carbocycles. The van der Waals surface area contributed by atoms with E-state index in [4.69, 9.17) is 0 Å². The Bertz CT molecular complexity index is 5520. The molecular formula is C104H112BN3. The van der Waals surface area contributed by atoms with Gasteiger partial charge in [-0.3, -0.25) is 0 Å². The molecule has 546 valence electrons. The Morgan fingerprint density at radius 3 is 0.954 bits per heavy atom. The van der Waals surface area contributed by atoms with Crippen molar-refractivity contribution in [2.45, 2.75) is 209 Å². The van der Waals surface area contributed by atoms with Crippen LogP contribution in [0.2, 0.25) is 0 Å². The van der Waals surface area contributed by atoms with Crippen molar-refractivity contribution < 1.29 is 0 Å². The molecule has 3 heterocycles. The number of fused-ring (bicyclic) bond motifs is 7. The van der Waals surface area contributed by atoms with Gasteiger partial charge in [0.25, 0.3) is 6.71 Å². The molecule has 0 amide bonds. The highest BCUT2D eigenvalue weighted by atomic mass is 15.2. The van der Waals surface area contributed by atoms with E-state index < -0.39 is 0 Å². The minimum atomic E-state index is -0.330. The van der Waals surface area contributed by atoms with Crippen LogP contribution in [-0.4, -0.2) is 11.3 Å². The fourth-order valence-corrected chi connectivity index (χ4v) is 16.6. The van der Waals surface area contributed by atoms with Crippen LogP contribution in [0.1, 0.15) is 211 Å².